The van der Waals surface area contributed by atoms with Gasteiger partial charge in [-0.25, -0.2) is 0 Å². The lowest BCUT2D eigenvalue weighted by atomic mass is 9.90. The van der Waals surface area contributed by atoms with Crippen LogP contribution in [-0.4, -0.2) is 39.7 Å². The fourth-order valence-corrected chi connectivity index (χ4v) is 4.18. The van der Waals surface area contributed by atoms with Crippen LogP contribution in [0, 0.1) is 19.3 Å². The molecule has 5 nitrogen and oxygen atoms in total. The van der Waals surface area contributed by atoms with Crippen LogP contribution >= 0.6 is 0 Å². The van der Waals surface area contributed by atoms with E-state index in [4.69, 9.17) is 4.42 Å². The summed E-state index contributed by atoms with van der Waals surface area (Å²) in [5.74, 6) is 2.07. The van der Waals surface area contributed by atoms with Crippen LogP contribution in [-0.2, 0) is 6.42 Å². The Morgan fingerprint density at radius 2 is 2.08 bits per heavy atom. The third kappa shape index (κ3) is 3.09. The largest absolute Gasteiger partial charge is 0.425 e. The van der Waals surface area contributed by atoms with E-state index in [-0.39, 0.29) is 0 Å². The molecule has 1 saturated heterocycles. The fraction of sp³-hybridized carbons (Fsp3) is 0.632. The number of hydrogen-bond acceptors (Lipinski definition) is 5. The predicted octanol–water partition coefficient (Wildman–Crippen LogP) is 3.28. The van der Waals surface area contributed by atoms with Gasteiger partial charge in [0.1, 0.15) is 0 Å². The summed E-state index contributed by atoms with van der Waals surface area (Å²) in [6, 6.07) is 2.10. The summed E-state index contributed by atoms with van der Waals surface area (Å²) in [4.78, 5) is 6.86. The number of piperidine rings is 1. The molecule has 0 radical (unpaired) electrons. The molecular formula is C19H26N4O. The summed E-state index contributed by atoms with van der Waals surface area (Å²) in [5.41, 5.74) is 3.20. The summed E-state index contributed by atoms with van der Waals surface area (Å²) in [7, 11) is 0. The van der Waals surface area contributed by atoms with Crippen molar-refractivity contribution in [2.75, 3.05) is 19.6 Å². The summed E-state index contributed by atoms with van der Waals surface area (Å²) < 4.78 is 5.65. The summed E-state index contributed by atoms with van der Waals surface area (Å²) in [5, 5.41) is 8.22. The lowest BCUT2D eigenvalue weighted by Gasteiger charge is -2.32. The SMILES string of the molecule is Cc1nnc(C2CC23CCN(CCCc2cnccc2C)CC3)o1. The van der Waals surface area contributed by atoms with Gasteiger partial charge in [-0.2, -0.15) is 0 Å². The van der Waals surface area contributed by atoms with Crippen molar-refractivity contribution >= 4 is 0 Å². The van der Waals surface area contributed by atoms with E-state index in [9.17, 15) is 0 Å². The van der Waals surface area contributed by atoms with Crippen LogP contribution in [0.2, 0.25) is 0 Å². The Bertz CT molecular complexity index is 703. The van der Waals surface area contributed by atoms with Crippen molar-refractivity contribution in [2.45, 2.75) is 51.9 Å². The first-order chi connectivity index (χ1) is 11.7. The van der Waals surface area contributed by atoms with E-state index >= 15 is 0 Å². The third-order valence-corrected chi connectivity index (χ3v) is 5.95. The normalized spacial score (nSPS) is 22.8. The summed E-state index contributed by atoms with van der Waals surface area (Å²) in [6.45, 7) is 7.65. The Morgan fingerprint density at radius 3 is 2.79 bits per heavy atom. The van der Waals surface area contributed by atoms with E-state index < -0.39 is 0 Å². The monoisotopic (exact) mass is 326 g/mol. The second-order valence-corrected chi connectivity index (χ2v) is 7.53. The number of pyridine rings is 1. The van der Waals surface area contributed by atoms with Crippen molar-refractivity contribution in [1.82, 2.24) is 20.1 Å². The molecule has 0 amide bonds. The molecule has 24 heavy (non-hydrogen) atoms. The minimum absolute atomic E-state index is 0.454. The van der Waals surface area contributed by atoms with Gasteiger partial charge in [-0.1, -0.05) is 0 Å². The maximum atomic E-state index is 5.65. The van der Waals surface area contributed by atoms with Crippen molar-refractivity contribution in [1.29, 1.82) is 0 Å². The first kappa shape index (κ1) is 15.8. The molecule has 2 aromatic rings. The Labute approximate surface area is 143 Å². The number of aromatic nitrogens is 3. The van der Waals surface area contributed by atoms with Crippen molar-refractivity contribution in [3.05, 3.63) is 41.4 Å². The predicted molar refractivity (Wildman–Crippen MR) is 91.8 cm³/mol. The van der Waals surface area contributed by atoms with Gasteiger partial charge in [0.25, 0.3) is 0 Å². The van der Waals surface area contributed by atoms with Gasteiger partial charge in [0.15, 0.2) is 0 Å². The molecule has 0 N–H and O–H groups in total. The van der Waals surface area contributed by atoms with Gasteiger partial charge in [-0.3, -0.25) is 4.98 Å². The highest BCUT2D eigenvalue weighted by Crippen LogP contribution is 2.64. The van der Waals surface area contributed by atoms with Crippen LogP contribution in [0.1, 0.15) is 54.5 Å². The van der Waals surface area contributed by atoms with E-state index in [1.165, 1.54) is 56.4 Å². The molecule has 1 spiro atoms. The standard InChI is InChI=1S/C19H26N4O/c1-14-5-8-20-13-16(14)4-3-9-23-10-6-19(7-11-23)12-17(19)18-22-21-15(2)24-18/h5,8,13,17H,3-4,6-7,9-12H2,1-2H3. The van der Waals surface area contributed by atoms with Crippen LogP contribution in [0.4, 0.5) is 0 Å². The summed E-state index contributed by atoms with van der Waals surface area (Å²) >= 11 is 0. The van der Waals surface area contributed by atoms with Gasteiger partial charge in [0.05, 0.1) is 0 Å². The van der Waals surface area contributed by atoms with Crippen LogP contribution in [0.5, 0.6) is 0 Å². The van der Waals surface area contributed by atoms with Crippen molar-refractivity contribution in [2.24, 2.45) is 5.41 Å². The zero-order chi connectivity index (χ0) is 16.6. The molecule has 1 atom stereocenters. The first-order valence-corrected chi connectivity index (χ1v) is 9.08. The van der Waals surface area contributed by atoms with Crippen LogP contribution in [0.3, 0.4) is 0 Å². The molecule has 1 unspecified atom stereocenters. The molecular weight excluding hydrogens is 300 g/mol. The van der Waals surface area contributed by atoms with E-state index in [0.29, 0.717) is 17.2 Å². The molecule has 3 heterocycles. The number of aryl methyl sites for hydroxylation is 3. The van der Waals surface area contributed by atoms with Gasteiger partial charge in [-0.15, -0.1) is 10.2 Å². The van der Waals surface area contributed by atoms with Gasteiger partial charge in [-0.05, 0) is 81.3 Å². The zero-order valence-electron chi connectivity index (χ0n) is 14.7. The highest BCUT2D eigenvalue weighted by Gasteiger charge is 2.57. The number of rotatable bonds is 5. The molecule has 4 rings (SSSR count). The lowest BCUT2D eigenvalue weighted by Crippen LogP contribution is -2.35. The van der Waals surface area contributed by atoms with E-state index in [2.05, 4.69) is 33.1 Å². The van der Waals surface area contributed by atoms with Crippen LogP contribution in [0.25, 0.3) is 0 Å². The van der Waals surface area contributed by atoms with E-state index in [0.717, 1.165) is 12.3 Å². The molecule has 2 aliphatic rings. The highest BCUT2D eigenvalue weighted by atomic mass is 16.4. The Kier molecular flexibility index (Phi) is 4.12. The van der Waals surface area contributed by atoms with Crippen molar-refractivity contribution < 1.29 is 4.42 Å². The zero-order valence-corrected chi connectivity index (χ0v) is 14.7. The fourth-order valence-electron chi connectivity index (χ4n) is 4.18. The van der Waals surface area contributed by atoms with Gasteiger partial charge < -0.3 is 9.32 Å². The highest BCUT2D eigenvalue weighted by molar-refractivity contribution is 5.21. The molecule has 2 fully saturated rings. The average molecular weight is 326 g/mol. The smallest absolute Gasteiger partial charge is 0.220 e. The van der Waals surface area contributed by atoms with E-state index in [1.54, 1.807) is 0 Å². The molecule has 1 aliphatic heterocycles. The Balaban J connectivity index is 1.23. The maximum Gasteiger partial charge on any atom is 0.220 e. The van der Waals surface area contributed by atoms with Crippen molar-refractivity contribution in [3.8, 4) is 0 Å². The van der Waals surface area contributed by atoms with Crippen LogP contribution in [0.15, 0.2) is 22.9 Å². The van der Waals surface area contributed by atoms with Gasteiger partial charge in [0.2, 0.25) is 11.8 Å². The number of hydrogen-bond donors (Lipinski definition) is 0. The van der Waals surface area contributed by atoms with Gasteiger partial charge >= 0.3 is 0 Å². The third-order valence-electron chi connectivity index (χ3n) is 5.95. The van der Waals surface area contributed by atoms with E-state index in [1.807, 2.05) is 19.3 Å². The summed E-state index contributed by atoms with van der Waals surface area (Å²) in [6.07, 6.45) is 10.0. The average Bonchev–Trinajstić information content (AvgIpc) is 3.11. The molecule has 128 valence electrons. The molecule has 0 aromatic carbocycles. The second-order valence-electron chi connectivity index (χ2n) is 7.53. The number of nitrogens with zero attached hydrogens (tertiary/aromatic N) is 4. The molecule has 5 heteroatoms. The van der Waals surface area contributed by atoms with Gasteiger partial charge in [0, 0.05) is 25.2 Å². The molecule has 2 aromatic heterocycles. The molecule has 1 aliphatic carbocycles. The molecule has 0 bridgehead atoms. The Morgan fingerprint density at radius 1 is 1.25 bits per heavy atom. The van der Waals surface area contributed by atoms with Crippen LogP contribution < -0.4 is 0 Å². The van der Waals surface area contributed by atoms with Crippen molar-refractivity contribution in [3.63, 3.8) is 0 Å². The minimum Gasteiger partial charge on any atom is -0.425 e. The molecule has 1 saturated carbocycles. The second kappa shape index (κ2) is 6.28. The lowest BCUT2D eigenvalue weighted by molar-refractivity contribution is 0.165. The minimum atomic E-state index is 0.454. The quantitative estimate of drug-likeness (QED) is 0.844. The first-order valence-electron chi connectivity index (χ1n) is 9.08. The maximum absolute atomic E-state index is 5.65. The Hall–Kier alpha value is -1.75. The topological polar surface area (TPSA) is 55.1 Å². The number of likely N-dealkylation sites (tertiary alicyclic amines) is 1.